The lowest BCUT2D eigenvalue weighted by Crippen LogP contribution is -3.00. The monoisotopic (exact) mass is 142 g/mol. The lowest BCUT2D eigenvalue weighted by atomic mass is 10.3. The van der Waals surface area contributed by atoms with Crippen LogP contribution in [0.4, 0.5) is 0 Å². The molecule has 0 fully saturated rings. The van der Waals surface area contributed by atoms with E-state index in [0.717, 1.165) is 12.1 Å². The van der Waals surface area contributed by atoms with E-state index in [9.17, 15) is 0 Å². The maximum absolute atomic E-state index is 4.10. The molecule has 0 aromatic carbocycles. The molecule has 0 bridgehead atoms. The molecule has 0 unspecified atom stereocenters. The Morgan fingerprint density at radius 2 is 2.22 bits per heavy atom. The largest absolute Gasteiger partial charge is 1.00 e. The first-order valence-corrected chi connectivity index (χ1v) is 2.83. The molecule has 0 saturated heterocycles. The molecule has 0 aliphatic carbocycles. The Bertz CT molecular complexity index is 156. The molecule has 1 aliphatic heterocycles. The van der Waals surface area contributed by atoms with Crippen LogP contribution < -0.4 is 17.4 Å². The lowest BCUT2D eigenvalue weighted by molar-refractivity contribution is -0.00000174. The molecule has 1 rings (SSSR count). The predicted octanol–water partition coefficient (Wildman–Crippen LogP) is -1.74. The molecular weight excluding hydrogens is 134 g/mol. The zero-order valence-corrected chi connectivity index (χ0v) is 6.10. The highest BCUT2D eigenvalue weighted by Crippen LogP contribution is 1.96. The van der Waals surface area contributed by atoms with E-state index in [-0.39, 0.29) is 12.4 Å². The highest BCUT2D eigenvalue weighted by molar-refractivity contribution is 5.72. The van der Waals surface area contributed by atoms with Crippen molar-refractivity contribution in [3.8, 4) is 0 Å². The molecule has 9 heavy (non-hydrogen) atoms. The zero-order valence-electron chi connectivity index (χ0n) is 5.34. The Balaban J connectivity index is 0.000000640. The van der Waals surface area contributed by atoms with Crippen LogP contribution in [0.3, 0.4) is 0 Å². The summed E-state index contributed by atoms with van der Waals surface area (Å²) in [7, 11) is 0. The van der Waals surface area contributed by atoms with E-state index < -0.39 is 0 Å². The van der Waals surface area contributed by atoms with Crippen molar-refractivity contribution in [3.63, 3.8) is 0 Å². The summed E-state index contributed by atoms with van der Waals surface area (Å²) in [5, 5.41) is 0. The van der Waals surface area contributed by atoms with Crippen molar-refractivity contribution in [1.29, 1.82) is 0 Å². The maximum Gasteiger partial charge on any atom is 0.253 e. The summed E-state index contributed by atoms with van der Waals surface area (Å²) < 4.78 is 0. The van der Waals surface area contributed by atoms with Gasteiger partial charge in [-0.2, -0.15) is 0 Å². The van der Waals surface area contributed by atoms with Crippen LogP contribution in [0, 0.1) is 0 Å². The van der Waals surface area contributed by atoms with Crippen molar-refractivity contribution in [2.45, 2.75) is 13.3 Å². The molecule has 0 atom stereocenters. The fourth-order valence-electron chi connectivity index (χ4n) is 0.607. The van der Waals surface area contributed by atoms with Gasteiger partial charge in [0.2, 0.25) is 6.21 Å². The molecule has 1 radical (unpaired) electrons. The Morgan fingerprint density at radius 3 is 2.56 bits per heavy atom. The third-order valence-corrected chi connectivity index (χ3v) is 1.09. The van der Waals surface area contributed by atoms with Crippen molar-refractivity contribution in [3.05, 3.63) is 23.9 Å². The molecule has 0 aromatic heterocycles. The molecular formula is C7H9ClN. The van der Waals surface area contributed by atoms with Gasteiger partial charge in [0.05, 0.1) is 4.99 Å². The number of halogens is 1. The summed E-state index contributed by atoms with van der Waals surface area (Å²) in [6.45, 7) is 2.10. The van der Waals surface area contributed by atoms with Gasteiger partial charge in [0.15, 0.2) is 0 Å². The predicted molar refractivity (Wildman–Crippen MR) is 35.7 cm³/mol. The zero-order chi connectivity index (χ0) is 5.82. The molecule has 0 aromatic rings. The summed E-state index contributed by atoms with van der Waals surface area (Å²) >= 11 is 0. The number of hydrogen-bond donors (Lipinski definition) is 0. The van der Waals surface area contributed by atoms with E-state index in [1.807, 2.05) is 24.4 Å². The molecule has 1 nitrogen and oxygen atoms in total. The van der Waals surface area contributed by atoms with Crippen LogP contribution in [0.2, 0.25) is 0 Å². The molecule has 2 heteroatoms. The number of allylic oxidation sites excluding steroid dienone is 4. The summed E-state index contributed by atoms with van der Waals surface area (Å²) in [6, 6.07) is 0. The highest BCUT2D eigenvalue weighted by Gasteiger charge is 2.01. The summed E-state index contributed by atoms with van der Waals surface area (Å²) in [5.41, 5.74) is 1.16. The average Bonchev–Trinajstić information content (AvgIpc) is 1.90. The van der Waals surface area contributed by atoms with E-state index in [0.29, 0.717) is 0 Å². The van der Waals surface area contributed by atoms with Crippen LogP contribution in [0.25, 0.3) is 0 Å². The number of aliphatic imine (C=N–C) groups is 1. The third-order valence-electron chi connectivity index (χ3n) is 1.09. The topological polar surface area (TPSA) is 14.1 Å². The van der Waals surface area contributed by atoms with E-state index in [1.54, 1.807) is 0 Å². The Hall–Kier alpha value is -0.560. The van der Waals surface area contributed by atoms with Crippen LogP contribution in [-0.4, -0.2) is 6.21 Å². The first-order chi connectivity index (χ1) is 3.93. The van der Waals surface area contributed by atoms with Gasteiger partial charge in [-0.05, 0) is 6.08 Å². The van der Waals surface area contributed by atoms with Crippen molar-refractivity contribution < 1.29 is 12.4 Å². The summed E-state index contributed by atoms with van der Waals surface area (Å²) in [6.07, 6.45) is 8.81. The second kappa shape index (κ2) is 4.33. The molecule has 0 spiro atoms. The standard InChI is InChI=1S/C7H9N.ClH/c1-2-7-5-3-4-6-8-7;/h3-6H,2H2,1H3;1H/q+1;/p-1. The SMILES string of the molecule is CCC1=CC=CC=[N+]1.[Cl-]. The van der Waals surface area contributed by atoms with Gasteiger partial charge in [-0.1, -0.05) is 6.92 Å². The Labute approximate surface area is 61.6 Å². The van der Waals surface area contributed by atoms with Crippen LogP contribution in [0.5, 0.6) is 0 Å². The second-order valence-corrected chi connectivity index (χ2v) is 1.67. The van der Waals surface area contributed by atoms with E-state index in [1.165, 1.54) is 0 Å². The molecule has 1 heterocycles. The van der Waals surface area contributed by atoms with Gasteiger partial charge in [-0.3, -0.25) is 0 Å². The minimum absolute atomic E-state index is 0. The second-order valence-electron chi connectivity index (χ2n) is 1.67. The van der Waals surface area contributed by atoms with Gasteiger partial charge in [0, 0.05) is 18.6 Å². The van der Waals surface area contributed by atoms with Gasteiger partial charge < -0.3 is 12.4 Å². The Kier molecular flexibility index (Phi) is 4.06. The third kappa shape index (κ3) is 2.47. The number of hydrogen-bond acceptors (Lipinski definition) is 1. The molecule has 0 saturated carbocycles. The molecule has 0 N–H and O–H groups in total. The number of nitrogens with zero attached hydrogens (tertiary/aromatic N) is 1. The fraction of sp³-hybridized carbons (Fsp3) is 0.286. The van der Waals surface area contributed by atoms with Crippen molar-refractivity contribution in [1.82, 2.24) is 4.99 Å². The first-order valence-electron chi connectivity index (χ1n) is 2.83. The first kappa shape index (κ1) is 8.44. The average molecular weight is 143 g/mol. The highest BCUT2D eigenvalue weighted by atomic mass is 35.5. The van der Waals surface area contributed by atoms with Crippen molar-refractivity contribution in [2.24, 2.45) is 0 Å². The number of rotatable bonds is 1. The van der Waals surface area contributed by atoms with Crippen LogP contribution in [0.1, 0.15) is 13.3 Å². The van der Waals surface area contributed by atoms with E-state index in [2.05, 4.69) is 11.9 Å². The van der Waals surface area contributed by atoms with Gasteiger partial charge in [-0.25, -0.2) is 0 Å². The minimum atomic E-state index is 0. The molecule has 1 aliphatic rings. The van der Waals surface area contributed by atoms with Gasteiger partial charge in [0.1, 0.15) is 0 Å². The van der Waals surface area contributed by atoms with E-state index in [4.69, 9.17) is 0 Å². The van der Waals surface area contributed by atoms with Gasteiger partial charge in [0.25, 0.3) is 5.70 Å². The smallest absolute Gasteiger partial charge is 0.253 e. The van der Waals surface area contributed by atoms with Gasteiger partial charge >= 0.3 is 0 Å². The van der Waals surface area contributed by atoms with Crippen LogP contribution in [0.15, 0.2) is 23.9 Å². The normalized spacial score (nSPS) is 14.6. The minimum Gasteiger partial charge on any atom is -1.00 e. The van der Waals surface area contributed by atoms with E-state index >= 15 is 0 Å². The Morgan fingerprint density at radius 1 is 1.44 bits per heavy atom. The summed E-state index contributed by atoms with van der Waals surface area (Å²) in [5.74, 6) is 0. The molecule has 0 amide bonds. The summed E-state index contributed by atoms with van der Waals surface area (Å²) in [4.78, 5) is 4.10. The lowest BCUT2D eigenvalue weighted by Gasteiger charge is -1.80. The fourth-order valence-corrected chi connectivity index (χ4v) is 0.607. The van der Waals surface area contributed by atoms with Crippen LogP contribution >= 0.6 is 0 Å². The maximum atomic E-state index is 4.10. The van der Waals surface area contributed by atoms with Crippen molar-refractivity contribution in [2.75, 3.05) is 0 Å². The molecule has 49 valence electrons. The van der Waals surface area contributed by atoms with Crippen molar-refractivity contribution >= 4 is 6.21 Å². The quantitative estimate of drug-likeness (QED) is 0.413. The van der Waals surface area contributed by atoms with Crippen LogP contribution in [-0.2, 0) is 0 Å². The van der Waals surface area contributed by atoms with Gasteiger partial charge in [-0.15, -0.1) is 0 Å².